The summed E-state index contributed by atoms with van der Waals surface area (Å²) < 4.78 is 18.6. The number of anilines is 1. The van der Waals surface area contributed by atoms with Crippen molar-refractivity contribution in [3.8, 4) is 5.88 Å². The monoisotopic (exact) mass is 278 g/mol. The normalized spacial score (nSPS) is 10.1. The van der Waals surface area contributed by atoms with Gasteiger partial charge in [-0.2, -0.15) is 4.98 Å². The van der Waals surface area contributed by atoms with E-state index in [0.717, 1.165) is 0 Å². The predicted molar refractivity (Wildman–Crippen MR) is 69.4 cm³/mol. The highest BCUT2D eigenvalue weighted by Gasteiger charge is 2.18. The number of rotatable bonds is 5. The van der Waals surface area contributed by atoms with Crippen LogP contribution in [0.25, 0.3) is 0 Å². The highest BCUT2D eigenvalue weighted by molar-refractivity contribution is 5.48. The van der Waals surface area contributed by atoms with Crippen molar-refractivity contribution in [3.63, 3.8) is 0 Å². The Labute approximate surface area is 113 Å². The molecule has 7 nitrogen and oxygen atoms in total. The first-order valence-corrected chi connectivity index (χ1v) is 5.60. The van der Waals surface area contributed by atoms with Crippen molar-refractivity contribution in [2.24, 2.45) is 5.84 Å². The highest BCUT2D eigenvalue weighted by atomic mass is 19.1. The number of halogens is 1. The van der Waals surface area contributed by atoms with Gasteiger partial charge in [0.05, 0.1) is 4.92 Å². The Morgan fingerprint density at radius 3 is 2.75 bits per heavy atom. The molecule has 0 atom stereocenters. The molecule has 0 saturated heterocycles. The number of hydrazine groups is 1. The maximum absolute atomic E-state index is 13.4. The van der Waals surface area contributed by atoms with Gasteiger partial charge in [-0.1, -0.05) is 18.2 Å². The van der Waals surface area contributed by atoms with Crippen molar-refractivity contribution < 1.29 is 14.1 Å². The molecule has 2 aromatic rings. The lowest BCUT2D eigenvalue weighted by molar-refractivity contribution is -0.386. The minimum Gasteiger partial charge on any atom is -0.468 e. The predicted octanol–water partition coefficient (Wildman–Crippen LogP) is 1.99. The summed E-state index contributed by atoms with van der Waals surface area (Å²) in [6, 6.07) is 8.53. The summed E-state index contributed by atoms with van der Waals surface area (Å²) in [5.74, 6) is 4.70. The summed E-state index contributed by atoms with van der Waals surface area (Å²) in [6.45, 7) is -0.172. The van der Waals surface area contributed by atoms with E-state index < -0.39 is 10.7 Å². The quantitative estimate of drug-likeness (QED) is 0.492. The van der Waals surface area contributed by atoms with E-state index in [1.165, 1.54) is 24.3 Å². The molecule has 104 valence electrons. The van der Waals surface area contributed by atoms with Crippen LogP contribution in [0.4, 0.5) is 15.9 Å². The maximum atomic E-state index is 13.4. The Morgan fingerprint density at radius 1 is 1.35 bits per heavy atom. The molecule has 0 aliphatic carbocycles. The molecule has 0 radical (unpaired) electrons. The smallest absolute Gasteiger partial charge is 0.331 e. The van der Waals surface area contributed by atoms with Crippen LogP contribution in [0.15, 0.2) is 36.4 Å². The molecule has 0 spiro atoms. The number of nitrogens with two attached hydrogens (primary N) is 1. The van der Waals surface area contributed by atoms with Crippen molar-refractivity contribution in [2.45, 2.75) is 6.61 Å². The number of nitrogen functional groups attached to an aromatic ring is 1. The number of pyridine rings is 1. The van der Waals surface area contributed by atoms with E-state index in [-0.39, 0.29) is 29.6 Å². The zero-order valence-corrected chi connectivity index (χ0v) is 10.2. The summed E-state index contributed by atoms with van der Waals surface area (Å²) >= 11 is 0. The van der Waals surface area contributed by atoms with Gasteiger partial charge in [-0.05, 0) is 12.1 Å². The van der Waals surface area contributed by atoms with Crippen LogP contribution in [-0.2, 0) is 6.61 Å². The standard InChI is InChI=1S/C12H11FN4O3/c13-9-4-2-1-3-8(9)7-20-12-10(17(18)19)5-6-11(15-12)16-14/h1-6H,7,14H2,(H,15,16). The first kappa shape index (κ1) is 13.7. The lowest BCUT2D eigenvalue weighted by Gasteiger charge is -2.08. The molecule has 2 rings (SSSR count). The molecular formula is C12H11FN4O3. The summed E-state index contributed by atoms with van der Waals surface area (Å²) in [5.41, 5.74) is 2.21. The highest BCUT2D eigenvalue weighted by Crippen LogP contribution is 2.26. The number of ether oxygens (including phenoxy) is 1. The average molecular weight is 278 g/mol. The molecule has 0 bridgehead atoms. The van der Waals surface area contributed by atoms with Gasteiger partial charge < -0.3 is 10.2 Å². The van der Waals surface area contributed by atoms with Crippen molar-refractivity contribution in [3.05, 3.63) is 57.9 Å². The van der Waals surface area contributed by atoms with Crippen LogP contribution in [0.1, 0.15) is 5.56 Å². The van der Waals surface area contributed by atoms with E-state index in [4.69, 9.17) is 10.6 Å². The van der Waals surface area contributed by atoms with Crippen molar-refractivity contribution in [1.29, 1.82) is 0 Å². The number of hydrogen-bond acceptors (Lipinski definition) is 6. The van der Waals surface area contributed by atoms with Crippen molar-refractivity contribution in [1.82, 2.24) is 4.98 Å². The number of nitro groups is 1. The molecule has 0 unspecified atom stereocenters. The van der Waals surface area contributed by atoms with Crippen LogP contribution < -0.4 is 16.0 Å². The minimum absolute atomic E-state index is 0.172. The SMILES string of the molecule is NNc1ccc([N+](=O)[O-])c(OCc2ccccc2F)n1. The third kappa shape index (κ3) is 2.98. The van der Waals surface area contributed by atoms with Gasteiger partial charge in [0.2, 0.25) is 0 Å². The second-order valence-electron chi connectivity index (χ2n) is 3.80. The van der Waals surface area contributed by atoms with E-state index in [9.17, 15) is 14.5 Å². The third-order valence-corrected chi connectivity index (χ3v) is 2.51. The van der Waals surface area contributed by atoms with Gasteiger partial charge in [-0.15, -0.1) is 0 Å². The summed E-state index contributed by atoms with van der Waals surface area (Å²) in [7, 11) is 0. The first-order chi connectivity index (χ1) is 9.61. The Morgan fingerprint density at radius 2 is 2.10 bits per heavy atom. The first-order valence-electron chi connectivity index (χ1n) is 5.60. The van der Waals surface area contributed by atoms with Gasteiger partial charge >= 0.3 is 5.69 Å². The second-order valence-corrected chi connectivity index (χ2v) is 3.80. The van der Waals surface area contributed by atoms with E-state index in [0.29, 0.717) is 0 Å². The lowest BCUT2D eigenvalue weighted by atomic mass is 10.2. The van der Waals surface area contributed by atoms with E-state index >= 15 is 0 Å². The third-order valence-electron chi connectivity index (χ3n) is 2.51. The molecule has 1 heterocycles. The fourth-order valence-corrected chi connectivity index (χ4v) is 1.52. The molecule has 1 aromatic heterocycles. The van der Waals surface area contributed by atoms with Gasteiger partial charge in [-0.25, -0.2) is 10.2 Å². The lowest BCUT2D eigenvalue weighted by Crippen LogP contribution is -2.10. The zero-order chi connectivity index (χ0) is 14.5. The van der Waals surface area contributed by atoms with Crippen LogP contribution in [-0.4, -0.2) is 9.91 Å². The molecular weight excluding hydrogens is 267 g/mol. The fraction of sp³-hybridized carbons (Fsp3) is 0.0833. The Hall–Kier alpha value is -2.74. The van der Waals surface area contributed by atoms with Gasteiger partial charge in [0.25, 0.3) is 5.88 Å². The largest absolute Gasteiger partial charge is 0.468 e. The van der Waals surface area contributed by atoms with Crippen molar-refractivity contribution in [2.75, 3.05) is 5.43 Å². The van der Waals surface area contributed by atoms with Crippen LogP contribution in [0.2, 0.25) is 0 Å². The molecule has 0 amide bonds. The topological polar surface area (TPSA) is 103 Å². The minimum atomic E-state index is -0.635. The maximum Gasteiger partial charge on any atom is 0.331 e. The molecule has 0 saturated carbocycles. The van der Waals surface area contributed by atoms with Crippen LogP contribution >= 0.6 is 0 Å². The Bertz CT molecular complexity index is 636. The van der Waals surface area contributed by atoms with Crippen LogP contribution in [0, 0.1) is 15.9 Å². The summed E-state index contributed by atoms with van der Waals surface area (Å²) in [5, 5.41) is 10.9. The van der Waals surface area contributed by atoms with E-state index in [2.05, 4.69) is 10.4 Å². The number of nitrogens with zero attached hydrogens (tertiary/aromatic N) is 2. The van der Waals surface area contributed by atoms with Gasteiger partial charge in [0.15, 0.2) is 0 Å². The summed E-state index contributed by atoms with van der Waals surface area (Å²) in [6.07, 6.45) is 0. The Balaban J connectivity index is 2.24. The zero-order valence-electron chi connectivity index (χ0n) is 10.2. The van der Waals surface area contributed by atoms with Crippen LogP contribution in [0.3, 0.4) is 0 Å². The number of hydrogen-bond donors (Lipinski definition) is 2. The summed E-state index contributed by atoms with van der Waals surface area (Å²) in [4.78, 5) is 14.1. The molecule has 0 aliphatic heterocycles. The van der Waals surface area contributed by atoms with Gasteiger partial charge in [0.1, 0.15) is 18.2 Å². The van der Waals surface area contributed by atoms with E-state index in [1.54, 1.807) is 12.1 Å². The molecule has 8 heteroatoms. The molecule has 3 N–H and O–H groups in total. The molecule has 20 heavy (non-hydrogen) atoms. The number of aromatic nitrogens is 1. The van der Waals surface area contributed by atoms with Gasteiger partial charge in [0, 0.05) is 11.6 Å². The Kier molecular flexibility index (Phi) is 4.06. The number of nitrogens with one attached hydrogen (secondary N) is 1. The van der Waals surface area contributed by atoms with Gasteiger partial charge in [-0.3, -0.25) is 10.1 Å². The molecule has 1 aromatic carbocycles. The molecule has 0 fully saturated rings. The van der Waals surface area contributed by atoms with Crippen LogP contribution in [0.5, 0.6) is 5.88 Å². The average Bonchev–Trinajstić information content (AvgIpc) is 2.46. The van der Waals surface area contributed by atoms with E-state index in [1.807, 2.05) is 0 Å². The fourth-order valence-electron chi connectivity index (χ4n) is 1.52. The molecule has 0 aliphatic rings. The number of benzene rings is 1. The second kappa shape index (κ2) is 5.93. The van der Waals surface area contributed by atoms with Crippen molar-refractivity contribution >= 4 is 11.5 Å².